The van der Waals surface area contributed by atoms with Gasteiger partial charge >= 0.3 is 0 Å². The second kappa shape index (κ2) is 7.66. The fourth-order valence-electron chi connectivity index (χ4n) is 2.64. The molecule has 0 saturated heterocycles. The van der Waals surface area contributed by atoms with Gasteiger partial charge in [0.25, 0.3) is 5.91 Å². The molecule has 0 aliphatic carbocycles. The number of aromatic nitrogens is 1. The van der Waals surface area contributed by atoms with Crippen LogP contribution in [-0.2, 0) is 6.61 Å². The van der Waals surface area contributed by atoms with Gasteiger partial charge in [-0.05, 0) is 35.0 Å². The Morgan fingerprint density at radius 2 is 1.93 bits per heavy atom. The summed E-state index contributed by atoms with van der Waals surface area (Å²) in [5.74, 6) is 0.823. The fourth-order valence-corrected chi connectivity index (χ4v) is 3.39. The van der Waals surface area contributed by atoms with Crippen molar-refractivity contribution in [3.05, 3.63) is 77.2 Å². The smallest absolute Gasteiger partial charge is 0.293 e. The van der Waals surface area contributed by atoms with Crippen LogP contribution in [0.3, 0.4) is 0 Å². The molecule has 0 bridgehead atoms. The molecule has 0 unspecified atom stereocenters. The Kier molecular flexibility index (Phi) is 4.90. The van der Waals surface area contributed by atoms with E-state index in [1.807, 2.05) is 42.5 Å². The highest BCUT2D eigenvalue weighted by Crippen LogP contribution is 2.22. The molecule has 140 valence electrons. The highest BCUT2D eigenvalue weighted by Gasteiger charge is 2.14. The van der Waals surface area contributed by atoms with Crippen molar-refractivity contribution < 1.29 is 18.7 Å². The molecule has 0 saturated carbocycles. The first-order valence-electron chi connectivity index (χ1n) is 8.56. The van der Waals surface area contributed by atoms with Crippen molar-refractivity contribution in [2.45, 2.75) is 13.5 Å². The number of rotatable bonds is 6. The van der Waals surface area contributed by atoms with E-state index in [2.05, 4.69) is 10.3 Å². The van der Waals surface area contributed by atoms with Crippen molar-refractivity contribution in [1.82, 2.24) is 4.98 Å². The minimum atomic E-state index is -0.429. The van der Waals surface area contributed by atoms with E-state index in [9.17, 15) is 9.59 Å². The van der Waals surface area contributed by atoms with Gasteiger partial charge in [-0.25, -0.2) is 4.98 Å². The van der Waals surface area contributed by atoms with Gasteiger partial charge in [0.05, 0.1) is 0 Å². The molecular formula is C21H16N2O4S. The van der Waals surface area contributed by atoms with Crippen LogP contribution < -0.4 is 10.1 Å². The van der Waals surface area contributed by atoms with Gasteiger partial charge < -0.3 is 9.15 Å². The summed E-state index contributed by atoms with van der Waals surface area (Å²) in [5, 5.41) is 6.80. The monoisotopic (exact) mass is 392 g/mol. The van der Waals surface area contributed by atoms with Gasteiger partial charge in [-0.1, -0.05) is 30.3 Å². The molecule has 4 aromatic rings. The van der Waals surface area contributed by atoms with Crippen LogP contribution >= 0.6 is 11.3 Å². The molecule has 0 spiro atoms. The van der Waals surface area contributed by atoms with Gasteiger partial charge in [-0.3, -0.25) is 14.9 Å². The quantitative estimate of drug-likeness (QED) is 0.471. The first-order chi connectivity index (χ1) is 13.6. The summed E-state index contributed by atoms with van der Waals surface area (Å²) in [4.78, 5) is 27.6. The second-order valence-corrected chi connectivity index (χ2v) is 6.97. The number of ether oxygens (including phenoxy) is 1. The highest BCUT2D eigenvalue weighted by atomic mass is 32.1. The molecule has 7 heteroatoms. The minimum Gasteiger partial charge on any atom is -0.486 e. The number of thiazole rings is 1. The van der Waals surface area contributed by atoms with Crippen molar-refractivity contribution >= 4 is 38.9 Å². The molecular weight excluding hydrogens is 376 g/mol. The van der Waals surface area contributed by atoms with Crippen LogP contribution in [0.4, 0.5) is 5.13 Å². The maximum atomic E-state index is 12.3. The number of hydrogen-bond acceptors (Lipinski definition) is 6. The van der Waals surface area contributed by atoms with E-state index < -0.39 is 5.91 Å². The average molecular weight is 392 g/mol. The van der Waals surface area contributed by atoms with E-state index in [4.69, 9.17) is 9.15 Å². The third-order valence-corrected chi connectivity index (χ3v) is 4.83. The summed E-state index contributed by atoms with van der Waals surface area (Å²) >= 11 is 1.19. The van der Waals surface area contributed by atoms with E-state index in [-0.39, 0.29) is 18.2 Å². The molecule has 1 N–H and O–H groups in total. The SMILES string of the molecule is CC(=O)c1csc(NC(=O)c2ccc(COc3ccc4ccccc4c3)o2)n1. The van der Waals surface area contributed by atoms with Gasteiger partial charge in [-0.15, -0.1) is 11.3 Å². The number of fused-ring (bicyclic) bond motifs is 1. The Labute approximate surface area is 164 Å². The molecule has 4 rings (SSSR count). The van der Waals surface area contributed by atoms with Crippen LogP contribution in [0.2, 0.25) is 0 Å². The number of nitrogens with zero attached hydrogens (tertiary/aromatic N) is 1. The molecule has 0 radical (unpaired) electrons. The molecule has 2 aromatic carbocycles. The lowest BCUT2D eigenvalue weighted by molar-refractivity contribution is 0.0987. The van der Waals surface area contributed by atoms with E-state index in [1.54, 1.807) is 17.5 Å². The van der Waals surface area contributed by atoms with Gasteiger partial charge in [0.2, 0.25) is 0 Å². The number of anilines is 1. The summed E-state index contributed by atoms with van der Waals surface area (Å²) in [6.45, 7) is 1.63. The van der Waals surface area contributed by atoms with Crippen LogP contribution in [0, 0.1) is 0 Å². The number of carbonyl (C=O) groups is 2. The first kappa shape index (κ1) is 17.9. The molecule has 0 aliphatic heterocycles. The maximum Gasteiger partial charge on any atom is 0.293 e. The largest absolute Gasteiger partial charge is 0.486 e. The lowest BCUT2D eigenvalue weighted by Crippen LogP contribution is -2.11. The second-order valence-electron chi connectivity index (χ2n) is 6.11. The van der Waals surface area contributed by atoms with Gasteiger partial charge in [-0.2, -0.15) is 0 Å². The zero-order valence-corrected chi connectivity index (χ0v) is 15.8. The summed E-state index contributed by atoms with van der Waals surface area (Å²) in [6.07, 6.45) is 0. The predicted molar refractivity (Wildman–Crippen MR) is 107 cm³/mol. The number of Topliss-reactive ketones (excluding diaryl/α,β-unsaturated/α-hetero) is 1. The Morgan fingerprint density at radius 1 is 1.11 bits per heavy atom. The molecule has 1 amide bonds. The summed E-state index contributed by atoms with van der Waals surface area (Å²) in [6, 6.07) is 17.2. The first-order valence-corrected chi connectivity index (χ1v) is 9.44. The molecule has 28 heavy (non-hydrogen) atoms. The van der Waals surface area contributed by atoms with Crippen LogP contribution in [0.15, 0.2) is 64.4 Å². The molecule has 2 heterocycles. The minimum absolute atomic E-state index is 0.150. The molecule has 6 nitrogen and oxygen atoms in total. The summed E-state index contributed by atoms with van der Waals surface area (Å²) in [7, 11) is 0. The number of amides is 1. The third-order valence-electron chi connectivity index (χ3n) is 4.07. The van der Waals surface area contributed by atoms with E-state index >= 15 is 0 Å². The lowest BCUT2D eigenvalue weighted by Gasteiger charge is -2.05. The molecule has 0 fully saturated rings. The highest BCUT2D eigenvalue weighted by molar-refractivity contribution is 7.14. The van der Waals surface area contributed by atoms with Crippen molar-refractivity contribution in [1.29, 1.82) is 0 Å². The summed E-state index contributed by atoms with van der Waals surface area (Å²) in [5.41, 5.74) is 0.323. The van der Waals surface area contributed by atoms with Crippen molar-refractivity contribution in [3.8, 4) is 5.75 Å². The molecule has 2 aromatic heterocycles. The number of carbonyl (C=O) groups excluding carboxylic acids is 2. The topological polar surface area (TPSA) is 81.4 Å². The fraction of sp³-hybridized carbons (Fsp3) is 0.0952. The number of furan rings is 1. The number of nitrogens with one attached hydrogen (secondary N) is 1. The molecule has 0 aliphatic rings. The standard InChI is InChI=1S/C21H16N2O4S/c1-13(24)18-12-28-21(22-18)23-20(25)19-9-8-17(27-19)11-26-16-7-6-14-4-2-3-5-15(14)10-16/h2-10,12H,11H2,1H3,(H,22,23,25). The van der Waals surface area contributed by atoms with Crippen molar-refractivity contribution in [3.63, 3.8) is 0 Å². The Morgan fingerprint density at radius 3 is 2.71 bits per heavy atom. The number of hydrogen-bond donors (Lipinski definition) is 1. The number of benzene rings is 2. The predicted octanol–water partition coefficient (Wildman–Crippen LogP) is 4.92. The Bertz CT molecular complexity index is 1160. The summed E-state index contributed by atoms with van der Waals surface area (Å²) < 4.78 is 11.3. The van der Waals surface area contributed by atoms with Gasteiger partial charge in [0, 0.05) is 12.3 Å². The molecule has 0 atom stereocenters. The van der Waals surface area contributed by atoms with E-state index in [0.717, 1.165) is 16.5 Å². The Balaban J connectivity index is 1.39. The van der Waals surface area contributed by atoms with Crippen LogP contribution in [0.1, 0.15) is 33.7 Å². The third kappa shape index (κ3) is 3.94. The van der Waals surface area contributed by atoms with Crippen LogP contribution in [0.5, 0.6) is 5.75 Å². The van der Waals surface area contributed by atoms with Crippen molar-refractivity contribution in [2.75, 3.05) is 5.32 Å². The van der Waals surface area contributed by atoms with Crippen molar-refractivity contribution in [2.24, 2.45) is 0 Å². The zero-order chi connectivity index (χ0) is 19.5. The maximum absolute atomic E-state index is 12.3. The normalized spacial score (nSPS) is 10.8. The van der Waals surface area contributed by atoms with Crippen LogP contribution in [-0.4, -0.2) is 16.7 Å². The van der Waals surface area contributed by atoms with Gasteiger partial charge in [0.1, 0.15) is 23.8 Å². The zero-order valence-electron chi connectivity index (χ0n) is 15.0. The van der Waals surface area contributed by atoms with E-state index in [1.165, 1.54) is 18.3 Å². The van der Waals surface area contributed by atoms with Crippen LogP contribution in [0.25, 0.3) is 10.8 Å². The van der Waals surface area contributed by atoms with Gasteiger partial charge in [0.15, 0.2) is 16.7 Å². The Hall–Kier alpha value is -3.45. The lowest BCUT2D eigenvalue weighted by atomic mass is 10.1. The average Bonchev–Trinajstić information content (AvgIpc) is 3.36. The van der Waals surface area contributed by atoms with E-state index in [0.29, 0.717) is 16.6 Å². The number of ketones is 1.